The molecule has 0 amide bonds. The SMILES string of the molecule is N[C@]12CCC[C@@H](C1)C1=C(CCCC1=O)O2. The second-order valence-electron chi connectivity index (χ2n) is 5.07. The predicted molar refractivity (Wildman–Crippen MR) is 55.8 cm³/mol. The van der Waals surface area contributed by atoms with Crippen LogP contribution in [0.4, 0.5) is 0 Å². The molecule has 0 aromatic rings. The molecule has 2 atom stereocenters. The van der Waals surface area contributed by atoms with Gasteiger partial charge in [0.1, 0.15) is 5.76 Å². The van der Waals surface area contributed by atoms with Gasteiger partial charge in [-0.3, -0.25) is 10.5 Å². The van der Waals surface area contributed by atoms with E-state index in [1.807, 2.05) is 0 Å². The van der Waals surface area contributed by atoms with Crippen molar-refractivity contribution in [1.29, 1.82) is 0 Å². The molecule has 0 saturated heterocycles. The Hall–Kier alpha value is -0.830. The van der Waals surface area contributed by atoms with Crippen LogP contribution >= 0.6 is 0 Å². The molecule has 0 radical (unpaired) electrons. The van der Waals surface area contributed by atoms with Gasteiger partial charge in [-0.1, -0.05) is 0 Å². The number of Topliss-reactive ketones (excluding diaryl/α,β-unsaturated/α-hetero) is 1. The molecule has 3 aliphatic rings. The Labute approximate surface area is 89.7 Å². The Morgan fingerprint density at radius 1 is 1.33 bits per heavy atom. The molecule has 1 heterocycles. The smallest absolute Gasteiger partial charge is 0.162 e. The zero-order valence-electron chi connectivity index (χ0n) is 8.92. The molecular weight excluding hydrogens is 190 g/mol. The third kappa shape index (κ3) is 1.41. The van der Waals surface area contributed by atoms with Crippen LogP contribution < -0.4 is 5.73 Å². The third-order valence-corrected chi connectivity index (χ3v) is 3.89. The largest absolute Gasteiger partial charge is 0.477 e. The van der Waals surface area contributed by atoms with Crippen LogP contribution in [0.3, 0.4) is 0 Å². The summed E-state index contributed by atoms with van der Waals surface area (Å²) in [4.78, 5) is 11.9. The molecule has 3 nitrogen and oxygen atoms in total. The van der Waals surface area contributed by atoms with Gasteiger partial charge in [0.15, 0.2) is 11.5 Å². The van der Waals surface area contributed by atoms with Gasteiger partial charge in [0.25, 0.3) is 0 Å². The Morgan fingerprint density at radius 3 is 3.07 bits per heavy atom. The lowest BCUT2D eigenvalue weighted by atomic mass is 9.73. The summed E-state index contributed by atoms with van der Waals surface area (Å²) in [7, 11) is 0. The fourth-order valence-electron chi connectivity index (χ4n) is 3.25. The van der Waals surface area contributed by atoms with E-state index in [0.717, 1.165) is 49.9 Å². The molecule has 82 valence electrons. The second kappa shape index (κ2) is 3.08. The van der Waals surface area contributed by atoms with Crippen molar-refractivity contribution in [1.82, 2.24) is 0 Å². The van der Waals surface area contributed by atoms with E-state index in [-0.39, 0.29) is 0 Å². The molecule has 15 heavy (non-hydrogen) atoms. The lowest BCUT2D eigenvalue weighted by Gasteiger charge is -2.45. The minimum Gasteiger partial charge on any atom is -0.477 e. The van der Waals surface area contributed by atoms with Gasteiger partial charge in [-0.15, -0.1) is 0 Å². The maximum atomic E-state index is 11.9. The van der Waals surface area contributed by atoms with E-state index < -0.39 is 5.72 Å². The number of ketones is 1. The molecule has 2 N–H and O–H groups in total. The number of carbonyl (C=O) groups is 1. The molecular formula is C12H17NO2. The summed E-state index contributed by atoms with van der Waals surface area (Å²) in [6.07, 6.45) is 6.54. The fourth-order valence-corrected chi connectivity index (χ4v) is 3.25. The highest BCUT2D eigenvalue weighted by atomic mass is 16.5. The topological polar surface area (TPSA) is 52.3 Å². The van der Waals surface area contributed by atoms with Crippen LogP contribution in [0.25, 0.3) is 0 Å². The highest BCUT2D eigenvalue weighted by Crippen LogP contribution is 2.45. The number of carbonyl (C=O) groups excluding carboxylic acids is 1. The highest BCUT2D eigenvalue weighted by Gasteiger charge is 2.44. The summed E-state index contributed by atoms with van der Waals surface area (Å²) in [5.41, 5.74) is 6.71. The van der Waals surface area contributed by atoms with Gasteiger partial charge in [-0.25, -0.2) is 0 Å². The van der Waals surface area contributed by atoms with E-state index in [2.05, 4.69) is 0 Å². The van der Waals surface area contributed by atoms with Gasteiger partial charge in [-0.05, 0) is 25.2 Å². The maximum Gasteiger partial charge on any atom is 0.162 e. The van der Waals surface area contributed by atoms with E-state index >= 15 is 0 Å². The predicted octanol–water partition coefficient (Wildman–Crippen LogP) is 1.87. The van der Waals surface area contributed by atoms with Crippen molar-refractivity contribution in [2.75, 3.05) is 0 Å². The van der Waals surface area contributed by atoms with Crippen molar-refractivity contribution in [3.8, 4) is 0 Å². The van der Waals surface area contributed by atoms with Gasteiger partial charge in [0.05, 0.1) is 0 Å². The summed E-state index contributed by atoms with van der Waals surface area (Å²) < 4.78 is 5.86. The van der Waals surface area contributed by atoms with Gasteiger partial charge < -0.3 is 4.74 Å². The summed E-state index contributed by atoms with van der Waals surface area (Å²) in [6, 6.07) is 0. The molecule has 3 heteroatoms. The first-order valence-electron chi connectivity index (χ1n) is 5.92. The van der Waals surface area contributed by atoms with Crippen LogP contribution in [0, 0.1) is 5.92 Å². The van der Waals surface area contributed by atoms with E-state index in [1.54, 1.807) is 0 Å². The summed E-state index contributed by atoms with van der Waals surface area (Å²) in [6.45, 7) is 0. The molecule has 0 spiro atoms. The monoisotopic (exact) mass is 207 g/mol. The lowest BCUT2D eigenvalue weighted by molar-refractivity contribution is -0.121. The van der Waals surface area contributed by atoms with E-state index in [9.17, 15) is 4.79 Å². The average Bonchev–Trinajstić information content (AvgIpc) is 2.16. The standard InChI is InChI=1S/C12H17NO2/c13-12-6-2-3-8(7-12)11-9(14)4-1-5-10(11)15-12/h8H,1-7,13H2/t8-,12-/m0/s1. The first-order valence-corrected chi connectivity index (χ1v) is 5.92. The molecule has 2 aliphatic carbocycles. The Morgan fingerprint density at radius 2 is 2.20 bits per heavy atom. The highest BCUT2D eigenvalue weighted by molar-refractivity contribution is 5.97. The number of hydrogen-bond donors (Lipinski definition) is 1. The third-order valence-electron chi connectivity index (χ3n) is 3.89. The average molecular weight is 207 g/mol. The summed E-state index contributed by atoms with van der Waals surface area (Å²) in [5, 5.41) is 0. The number of allylic oxidation sites excluding steroid dienone is 2. The zero-order chi connectivity index (χ0) is 10.5. The summed E-state index contributed by atoms with van der Waals surface area (Å²) >= 11 is 0. The van der Waals surface area contributed by atoms with Crippen molar-refractivity contribution in [3.63, 3.8) is 0 Å². The molecule has 3 rings (SSSR count). The minimum absolute atomic E-state index is 0.310. The van der Waals surface area contributed by atoms with E-state index in [0.29, 0.717) is 18.1 Å². The quantitative estimate of drug-likeness (QED) is 0.659. The van der Waals surface area contributed by atoms with E-state index in [4.69, 9.17) is 10.5 Å². The normalized spacial score (nSPS) is 39.8. The maximum absolute atomic E-state index is 11.9. The van der Waals surface area contributed by atoms with Crippen molar-refractivity contribution in [2.45, 2.75) is 50.7 Å². The first-order chi connectivity index (χ1) is 7.18. The number of nitrogens with two attached hydrogens (primary N) is 1. The summed E-state index contributed by atoms with van der Waals surface area (Å²) in [5.74, 6) is 1.62. The second-order valence-corrected chi connectivity index (χ2v) is 5.07. The molecule has 0 aromatic heterocycles. The van der Waals surface area contributed by atoms with Crippen LogP contribution in [-0.2, 0) is 9.53 Å². The van der Waals surface area contributed by atoms with Crippen molar-refractivity contribution >= 4 is 5.78 Å². The number of rotatable bonds is 0. The van der Waals surface area contributed by atoms with Crippen LogP contribution in [-0.4, -0.2) is 11.5 Å². The van der Waals surface area contributed by atoms with Crippen LogP contribution in [0.2, 0.25) is 0 Å². The Balaban J connectivity index is 2.02. The first kappa shape index (κ1) is 9.40. The van der Waals surface area contributed by atoms with E-state index in [1.165, 1.54) is 0 Å². The lowest BCUT2D eigenvalue weighted by Crippen LogP contribution is -2.51. The number of ether oxygens (including phenoxy) is 1. The molecule has 1 aliphatic heterocycles. The Kier molecular flexibility index (Phi) is 1.93. The van der Waals surface area contributed by atoms with Crippen LogP contribution in [0.1, 0.15) is 44.9 Å². The van der Waals surface area contributed by atoms with Crippen molar-refractivity contribution in [2.24, 2.45) is 11.7 Å². The molecule has 0 unspecified atom stereocenters. The molecule has 1 saturated carbocycles. The Bertz CT molecular complexity index is 348. The van der Waals surface area contributed by atoms with Crippen molar-refractivity contribution < 1.29 is 9.53 Å². The van der Waals surface area contributed by atoms with Crippen LogP contribution in [0.15, 0.2) is 11.3 Å². The zero-order valence-corrected chi connectivity index (χ0v) is 8.92. The van der Waals surface area contributed by atoms with Gasteiger partial charge in [0, 0.05) is 31.3 Å². The molecule has 2 bridgehead atoms. The van der Waals surface area contributed by atoms with Crippen molar-refractivity contribution in [3.05, 3.63) is 11.3 Å². The fraction of sp³-hybridized carbons (Fsp3) is 0.750. The van der Waals surface area contributed by atoms with Gasteiger partial charge >= 0.3 is 0 Å². The van der Waals surface area contributed by atoms with Crippen LogP contribution in [0.5, 0.6) is 0 Å². The number of fused-ring (bicyclic) bond motifs is 3. The van der Waals surface area contributed by atoms with Gasteiger partial charge in [-0.2, -0.15) is 0 Å². The van der Waals surface area contributed by atoms with Gasteiger partial charge in [0.2, 0.25) is 0 Å². The molecule has 1 fully saturated rings. The number of hydrogen-bond acceptors (Lipinski definition) is 3. The molecule has 0 aromatic carbocycles. The minimum atomic E-state index is -0.459.